The van der Waals surface area contributed by atoms with Crippen molar-refractivity contribution in [1.82, 2.24) is 14.9 Å². The van der Waals surface area contributed by atoms with E-state index in [0.29, 0.717) is 0 Å². The van der Waals surface area contributed by atoms with Gasteiger partial charge in [-0.3, -0.25) is 0 Å². The van der Waals surface area contributed by atoms with Crippen molar-refractivity contribution in [3.63, 3.8) is 0 Å². The monoisotopic (exact) mass is 271 g/mol. The van der Waals surface area contributed by atoms with Gasteiger partial charge in [0.25, 0.3) is 0 Å². The van der Waals surface area contributed by atoms with Crippen LogP contribution in [-0.2, 0) is 13.0 Å². The van der Waals surface area contributed by atoms with Gasteiger partial charge in [-0.2, -0.15) is 0 Å². The van der Waals surface area contributed by atoms with E-state index >= 15 is 0 Å². The van der Waals surface area contributed by atoms with Crippen LogP contribution >= 0.6 is 0 Å². The second kappa shape index (κ2) is 6.40. The quantitative estimate of drug-likeness (QED) is 0.871. The number of nitrogens with one attached hydrogen (secondary N) is 1. The molecule has 1 heterocycles. The van der Waals surface area contributed by atoms with E-state index in [1.165, 1.54) is 37.0 Å². The van der Waals surface area contributed by atoms with Gasteiger partial charge in [0.15, 0.2) is 0 Å². The van der Waals surface area contributed by atoms with Gasteiger partial charge in [0, 0.05) is 25.6 Å². The Morgan fingerprint density at radius 1 is 1.25 bits per heavy atom. The molecular formula is C17H25N3. The summed E-state index contributed by atoms with van der Waals surface area (Å²) in [6.45, 7) is 4.31. The maximum atomic E-state index is 4.79. The van der Waals surface area contributed by atoms with Gasteiger partial charge in [0.05, 0.1) is 11.0 Å². The zero-order chi connectivity index (χ0) is 13.8. The number of nitrogens with zero attached hydrogens (tertiary/aromatic N) is 2. The molecule has 1 aliphatic carbocycles. The van der Waals surface area contributed by atoms with Crippen molar-refractivity contribution < 1.29 is 0 Å². The van der Waals surface area contributed by atoms with E-state index in [4.69, 9.17) is 4.98 Å². The highest BCUT2D eigenvalue weighted by Gasteiger charge is 2.14. The van der Waals surface area contributed by atoms with Crippen molar-refractivity contribution in [2.75, 3.05) is 6.54 Å². The number of rotatable bonds is 6. The third kappa shape index (κ3) is 2.88. The largest absolute Gasteiger partial charge is 0.327 e. The molecule has 0 spiro atoms. The van der Waals surface area contributed by atoms with Crippen LogP contribution < -0.4 is 5.32 Å². The number of imidazole rings is 1. The molecule has 1 aromatic carbocycles. The molecule has 1 fully saturated rings. The van der Waals surface area contributed by atoms with Gasteiger partial charge in [-0.1, -0.05) is 31.9 Å². The Hall–Kier alpha value is -1.35. The van der Waals surface area contributed by atoms with Gasteiger partial charge in [0.1, 0.15) is 5.82 Å². The smallest absolute Gasteiger partial charge is 0.109 e. The molecule has 1 saturated carbocycles. The van der Waals surface area contributed by atoms with E-state index in [1.54, 1.807) is 0 Å². The first-order chi connectivity index (χ1) is 9.88. The third-order valence-electron chi connectivity index (χ3n) is 4.33. The second-order valence-corrected chi connectivity index (χ2v) is 5.85. The summed E-state index contributed by atoms with van der Waals surface area (Å²) in [7, 11) is 0. The van der Waals surface area contributed by atoms with Crippen LogP contribution in [0, 0.1) is 0 Å². The Bertz CT molecular complexity index is 552. The number of hydrogen-bond acceptors (Lipinski definition) is 2. The van der Waals surface area contributed by atoms with Gasteiger partial charge < -0.3 is 9.88 Å². The zero-order valence-corrected chi connectivity index (χ0v) is 12.4. The summed E-state index contributed by atoms with van der Waals surface area (Å²) in [6.07, 6.45) is 7.72. The van der Waals surface area contributed by atoms with Crippen LogP contribution in [0.2, 0.25) is 0 Å². The van der Waals surface area contributed by atoms with E-state index in [2.05, 4.69) is 41.1 Å². The molecule has 0 bridgehead atoms. The predicted molar refractivity (Wildman–Crippen MR) is 84.0 cm³/mol. The Morgan fingerprint density at radius 2 is 2.05 bits per heavy atom. The Labute approximate surface area is 121 Å². The van der Waals surface area contributed by atoms with E-state index in [9.17, 15) is 0 Å². The Kier molecular flexibility index (Phi) is 4.36. The van der Waals surface area contributed by atoms with E-state index in [1.807, 2.05) is 0 Å². The average Bonchev–Trinajstić information content (AvgIpc) is 3.08. The van der Waals surface area contributed by atoms with Crippen LogP contribution in [0.1, 0.15) is 44.9 Å². The molecule has 2 aromatic rings. The molecule has 1 aromatic heterocycles. The number of fused-ring (bicyclic) bond motifs is 1. The SMILES string of the molecule is CCCc1nc2ccccc2n1CCNC1CCCC1. The van der Waals surface area contributed by atoms with Crippen LogP contribution in [0.15, 0.2) is 24.3 Å². The van der Waals surface area contributed by atoms with Gasteiger partial charge in [0.2, 0.25) is 0 Å². The van der Waals surface area contributed by atoms with Crippen molar-refractivity contribution >= 4 is 11.0 Å². The first kappa shape index (κ1) is 13.6. The lowest BCUT2D eigenvalue weighted by Crippen LogP contribution is -2.29. The lowest BCUT2D eigenvalue weighted by molar-refractivity contribution is 0.494. The molecule has 3 rings (SSSR count). The molecule has 0 aliphatic heterocycles. The van der Waals surface area contributed by atoms with Crippen molar-refractivity contribution in [3.05, 3.63) is 30.1 Å². The number of aryl methyl sites for hydroxylation is 1. The van der Waals surface area contributed by atoms with Crippen LogP contribution in [0.3, 0.4) is 0 Å². The molecule has 0 radical (unpaired) electrons. The molecular weight excluding hydrogens is 246 g/mol. The lowest BCUT2D eigenvalue weighted by atomic mass is 10.2. The number of benzene rings is 1. The number of para-hydroxylation sites is 2. The first-order valence-corrected chi connectivity index (χ1v) is 8.06. The molecule has 0 unspecified atom stereocenters. The summed E-state index contributed by atoms with van der Waals surface area (Å²) in [6, 6.07) is 9.25. The second-order valence-electron chi connectivity index (χ2n) is 5.85. The number of aromatic nitrogens is 2. The summed E-state index contributed by atoms with van der Waals surface area (Å²) >= 11 is 0. The molecule has 3 nitrogen and oxygen atoms in total. The fraction of sp³-hybridized carbons (Fsp3) is 0.588. The standard InChI is InChI=1S/C17H25N3/c1-2-7-17-19-15-10-5-6-11-16(15)20(17)13-12-18-14-8-3-4-9-14/h5-6,10-11,14,18H,2-4,7-9,12-13H2,1H3. The molecule has 108 valence electrons. The number of hydrogen-bond donors (Lipinski definition) is 1. The van der Waals surface area contributed by atoms with Crippen molar-refractivity contribution in [1.29, 1.82) is 0 Å². The molecule has 20 heavy (non-hydrogen) atoms. The lowest BCUT2D eigenvalue weighted by Gasteiger charge is -2.14. The highest BCUT2D eigenvalue weighted by Crippen LogP contribution is 2.19. The molecule has 1 aliphatic rings. The Morgan fingerprint density at radius 3 is 2.85 bits per heavy atom. The van der Waals surface area contributed by atoms with E-state index in [0.717, 1.165) is 37.5 Å². The third-order valence-corrected chi connectivity index (χ3v) is 4.33. The van der Waals surface area contributed by atoms with E-state index < -0.39 is 0 Å². The van der Waals surface area contributed by atoms with Crippen LogP contribution in [0.25, 0.3) is 11.0 Å². The molecule has 0 amide bonds. The van der Waals surface area contributed by atoms with Gasteiger partial charge in [-0.25, -0.2) is 4.98 Å². The normalized spacial score (nSPS) is 16.2. The maximum absolute atomic E-state index is 4.79. The maximum Gasteiger partial charge on any atom is 0.109 e. The summed E-state index contributed by atoms with van der Waals surface area (Å²) in [4.78, 5) is 4.79. The van der Waals surface area contributed by atoms with Crippen LogP contribution in [-0.4, -0.2) is 22.1 Å². The van der Waals surface area contributed by atoms with Gasteiger partial charge in [-0.15, -0.1) is 0 Å². The summed E-state index contributed by atoms with van der Waals surface area (Å²) in [5.74, 6) is 1.24. The highest BCUT2D eigenvalue weighted by molar-refractivity contribution is 5.75. The van der Waals surface area contributed by atoms with Gasteiger partial charge in [-0.05, 0) is 31.4 Å². The fourth-order valence-corrected chi connectivity index (χ4v) is 3.30. The minimum absolute atomic E-state index is 0.749. The Balaban J connectivity index is 1.72. The predicted octanol–water partition coefficient (Wildman–Crippen LogP) is 3.52. The van der Waals surface area contributed by atoms with Crippen molar-refractivity contribution in [2.45, 2.75) is 58.0 Å². The fourth-order valence-electron chi connectivity index (χ4n) is 3.30. The van der Waals surface area contributed by atoms with Crippen LogP contribution in [0.5, 0.6) is 0 Å². The molecule has 0 saturated heterocycles. The average molecular weight is 271 g/mol. The molecule has 0 atom stereocenters. The van der Waals surface area contributed by atoms with Crippen molar-refractivity contribution in [3.8, 4) is 0 Å². The highest BCUT2D eigenvalue weighted by atomic mass is 15.1. The van der Waals surface area contributed by atoms with E-state index in [-0.39, 0.29) is 0 Å². The summed E-state index contributed by atoms with van der Waals surface area (Å²) in [5.41, 5.74) is 2.42. The molecule has 3 heteroatoms. The minimum Gasteiger partial charge on any atom is -0.327 e. The first-order valence-electron chi connectivity index (χ1n) is 8.06. The summed E-state index contributed by atoms with van der Waals surface area (Å²) in [5, 5.41) is 3.71. The topological polar surface area (TPSA) is 29.9 Å². The van der Waals surface area contributed by atoms with Crippen LogP contribution in [0.4, 0.5) is 0 Å². The zero-order valence-electron chi connectivity index (χ0n) is 12.4. The van der Waals surface area contributed by atoms with Gasteiger partial charge >= 0.3 is 0 Å². The van der Waals surface area contributed by atoms with Crippen molar-refractivity contribution in [2.24, 2.45) is 0 Å². The minimum atomic E-state index is 0.749. The summed E-state index contributed by atoms with van der Waals surface area (Å²) < 4.78 is 2.40. The molecule has 1 N–H and O–H groups in total.